The summed E-state index contributed by atoms with van der Waals surface area (Å²) in [5.74, 6) is 1.96. The summed E-state index contributed by atoms with van der Waals surface area (Å²) < 4.78 is 2.31. The lowest BCUT2D eigenvalue weighted by Gasteiger charge is -2.28. The Balaban J connectivity index is 1.43. The number of nitrogens with zero attached hydrogens (tertiary/aromatic N) is 3. The van der Waals surface area contributed by atoms with E-state index in [4.69, 9.17) is 0 Å². The highest BCUT2D eigenvalue weighted by atomic mass is 15.1. The zero-order valence-corrected chi connectivity index (χ0v) is 13.0. The van der Waals surface area contributed by atoms with Gasteiger partial charge in [-0.25, -0.2) is 4.98 Å². The van der Waals surface area contributed by atoms with E-state index in [2.05, 4.69) is 56.9 Å². The molecule has 0 spiro atoms. The van der Waals surface area contributed by atoms with Gasteiger partial charge in [0, 0.05) is 50.2 Å². The van der Waals surface area contributed by atoms with Crippen LogP contribution in [0, 0.1) is 5.92 Å². The molecule has 0 saturated carbocycles. The quantitative estimate of drug-likeness (QED) is 0.803. The molecule has 4 rings (SSSR count). The van der Waals surface area contributed by atoms with E-state index in [9.17, 15) is 0 Å². The van der Waals surface area contributed by atoms with Crippen LogP contribution in [0.2, 0.25) is 0 Å². The minimum Gasteiger partial charge on any atom is -0.361 e. The molecule has 0 amide bonds. The summed E-state index contributed by atoms with van der Waals surface area (Å²) in [7, 11) is 2.23. The summed E-state index contributed by atoms with van der Waals surface area (Å²) >= 11 is 0. The smallest absolute Gasteiger partial charge is 0.108 e. The summed E-state index contributed by atoms with van der Waals surface area (Å²) in [4.78, 5) is 10.2. The van der Waals surface area contributed by atoms with Gasteiger partial charge in [0.05, 0.1) is 0 Å². The van der Waals surface area contributed by atoms with Crippen molar-refractivity contribution in [1.29, 1.82) is 0 Å². The molecule has 1 atom stereocenters. The van der Waals surface area contributed by atoms with Crippen LogP contribution in [0.3, 0.4) is 0 Å². The Kier molecular flexibility index (Phi) is 3.47. The van der Waals surface area contributed by atoms with Crippen molar-refractivity contribution in [1.82, 2.24) is 19.4 Å². The Bertz CT molecular complexity index is 770. The number of hydrogen-bond acceptors (Lipinski definition) is 2. The highest BCUT2D eigenvalue weighted by Gasteiger charge is 2.20. The van der Waals surface area contributed by atoms with Crippen LogP contribution in [0.5, 0.6) is 0 Å². The van der Waals surface area contributed by atoms with Crippen LogP contribution < -0.4 is 0 Å². The Morgan fingerprint density at radius 1 is 1.36 bits per heavy atom. The zero-order chi connectivity index (χ0) is 14.9. The maximum Gasteiger partial charge on any atom is 0.108 e. The van der Waals surface area contributed by atoms with Crippen molar-refractivity contribution in [3.8, 4) is 0 Å². The number of rotatable bonds is 4. The molecule has 3 aromatic rings. The van der Waals surface area contributed by atoms with Crippen LogP contribution in [0.4, 0.5) is 0 Å². The predicted octanol–water partition coefficient (Wildman–Crippen LogP) is 3.06. The van der Waals surface area contributed by atoms with Gasteiger partial charge < -0.3 is 14.5 Å². The average molecular weight is 294 g/mol. The number of imidazole rings is 1. The molecule has 3 heterocycles. The van der Waals surface area contributed by atoms with Crippen LogP contribution in [0.1, 0.15) is 17.8 Å². The molecule has 4 heteroatoms. The number of hydrogen-bond donors (Lipinski definition) is 1. The van der Waals surface area contributed by atoms with Gasteiger partial charge in [-0.05, 0) is 36.4 Å². The van der Waals surface area contributed by atoms with E-state index in [0.717, 1.165) is 32.0 Å². The fraction of sp³-hybridized carbons (Fsp3) is 0.389. The molecule has 4 nitrogen and oxygen atoms in total. The van der Waals surface area contributed by atoms with Crippen LogP contribution in [0.25, 0.3) is 10.9 Å². The van der Waals surface area contributed by atoms with Gasteiger partial charge in [0.25, 0.3) is 0 Å². The SMILES string of the molecule is CN(Cc1cccc2cc[nH]c12)C[C@H]1CCc2nccn2C1. The summed E-state index contributed by atoms with van der Waals surface area (Å²) in [5.41, 5.74) is 2.65. The third-order valence-corrected chi connectivity index (χ3v) is 4.72. The number of aromatic nitrogens is 3. The predicted molar refractivity (Wildman–Crippen MR) is 88.7 cm³/mol. The molecule has 1 N–H and O–H groups in total. The zero-order valence-electron chi connectivity index (χ0n) is 13.0. The first-order chi connectivity index (χ1) is 10.8. The summed E-state index contributed by atoms with van der Waals surface area (Å²) in [6.45, 7) is 3.23. The number of aromatic amines is 1. The number of benzene rings is 1. The molecule has 0 radical (unpaired) electrons. The number of H-pyrrole nitrogens is 1. The number of para-hydroxylation sites is 1. The second kappa shape index (κ2) is 5.61. The summed E-state index contributed by atoms with van der Waals surface area (Å²) in [6.07, 6.45) is 8.41. The van der Waals surface area contributed by atoms with Crippen molar-refractivity contribution in [3.63, 3.8) is 0 Å². The van der Waals surface area contributed by atoms with E-state index in [1.807, 2.05) is 12.4 Å². The van der Waals surface area contributed by atoms with Crippen LogP contribution in [-0.4, -0.2) is 33.0 Å². The lowest BCUT2D eigenvalue weighted by atomic mass is 9.98. The first-order valence-corrected chi connectivity index (χ1v) is 8.03. The minimum atomic E-state index is 0.717. The normalized spacial score (nSPS) is 18.0. The molecule has 0 aliphatic carbocycles. The largest absolute Gasteiger partial charge is 0.361 e. The van der Waals surface area contributed by atoms with Crippen molar-refractivity contribution >= 4 is 10.9 Å². The van der Waals surface area contributed by atoms with Crippen molar-refractivity contribution in [3.05, 3.63) is 54.2 Å². The van der Waals surface area contributed by atoms with Crippen molar-refractivity contribution < 1.29 is 0 Å². The molecule has 0 fully saturated rings. The van der Waals surface area contributed by atoms with Gasteiger partial charge >= 0.3 is 0 Å². The fourth-order valence-electron chi connectivity index (χ4n) is 3.66. The first-order valence-electron chi connectivity index (χ1n) is 8.03. The topological polar surface area (TPSA) is 36.9 Å². The Labute approximate surface area is 130 Å². The molecular weight excluding hydrogens is 272 g/mol. The summed E-state index contributed by atoms with van der Waals surface area (Å²) in [6, 6.07) is 8.68. The minimum absolute atomic E-state index is 0.717. The van der Waals surface area contributed by atoms with Gasteiger partial charge in [-0.15, -0.1) is 0 Å². The van der Waals surface area contributed by atoms with E-state index in [-0.39, 0.29) is 0 Å². The van der Waals surface area contributed by atoms with Gasteiger partial charge in [0.1, 0.15) is 5.82 Å². The maximum absolute atomic E-state index is 4.41. The highest BCUT2D eigenvalue weighted by molar-refractivity contribution is 5.82. The second-order valence-electron chi connectivity index (χ2n) is 6.46. The molecule has 1 aromatic carbocycles. The van der Waals surface area contributed by atoms with Crippen LogP contribution in [0.15, 0.2) is 42.9 Å². The maximum atomic E-state index is 4.41. The van der Waals surface area contributed by atoms with Gasteiger partial charge in [-0.1, -0.05) is 18.2 Å². The Morgan fingerprint density at radius 2 is 2.32 bits per heavy atom. The Morgan fingerprint density at radius 3 is 3.27 bits per heavy atom. The molecular formula is C18H22N4. The third kappa shape index (κ3) is 2.55. The second-order valence-corrected chi connectivity index (χ2v) is 6.46. The van der Waals surface area contributed by atoms with Gasteiger partial charge in [0.15, 0.2) is 0 Å². The van der Waals surface area contributed by atoms with Crippen molar-refractivity contribution in [2.75, 3.05) is 13.6 Å². The highest BCUT2D eigenvalue weighted by Crippen LogP contribution is 2.22. The number of nitrogens with one attached hydrogen (secondary N) is 1. The summed E-state index contributed by atoms with van der Waals surface area (Å²) in [5, 5.41) is 1.30. The van der Waals surface area contributed by atoms with Crippen molar-refractivity contribution in [2.45, 2.75) is 25.9 Å². The van der Waals surface area contributed by atoms with E-state index in [0.29, 0.717) is 0 Å². The number of aryl methyl sites for hydroxylation is 1. The molecule has 0 unspecified atom stereocenters. The lowest BCUT2D eigenvalue weighted by molar-refractivity contribution is 0.229. The molecule has 1 aliphatic heterocycles. The third-order valence-electron chi connectivity index (χ3n) is 4.72. The van der Waals surface area contributed by atoms with E-state index in [1.54, 1.807) is 0 Å². The van der Waals surface area contributed by atoms with Crippen LogP contribution in [-0.2, 0) is 19.5 Å². The standard InChI is InChI=1S/C18H22N4/c1-21(11-14-5-6-17-19-9-10-22(17)12-14)13-16-4-2-3-15-7-8-20-18(15)16/h2-4,7-10,14,20H,5-6,11-13H2,1H3/t14-/m1/s1. The lowest BCUT2D eigenvalue weighted by Crippen LogP contribution is -2.31. The van der Waals surface area contributed by atoms with E-state index in [1.165, 1.54) is 28.7 Å². The van der Waals surface area contributed by atoms with Crippen molar-refractivity contribution in [2.24, 2.45) is 5.92 Å². The fourth-order valence-corrected chi connectivity index (χ4v) is 3.66. The molecule has 1 aliphatic rings. The molecule has 0 saturated heterocycles. The van der Waals surface area contributed by atoms with Gasteiger partial charge in [-0.3, -0.25) is 0 Å². The van der Waals surface area contributed by atoms with Crippen LogP contribution >= 0.6 is 0 Å². The first kappa shape index (κ1) is 13.6. The number of fused-ring (bicyclic) bond motifs is 2. The van der Waals surface area contributed by atoms with E-state index >= 15 is 0 Å². The van der Waals surface area contributed by atoms with E-state index < -0.39 is 0 Å². The Hall–Kier alpha value is -2.07. The van der Waals surface area contributed by atoms with Gasteiger partial charge in [-0.2, -0.15) is 0 Å². The average Bonchev–Trinajstić information content (AvgIpc) is 3.15. The molecule has 22 heavy (non-hydrogen) atoms. The molecule has 0 bridgehead atoms. The molecule has 114 valence electrons. The molecule has 2 aromatic heterocycles. The van der Waals surface area contributed by atoms with Gasteiger partial charge in [0.2, 0.25) is 0 Å². The monoisotopic (exact) mass is 294 g/mol.